The number of benzene rings is 1. The lowest BCUT2D eigenvalue weighted by molar-refractivity contribution is -0.384. The van der Waals surface area contributed by atoms with Gasteiger partial charge in [0.05, 0.1) is 22.6 Å². The molecule has 24 heavy (non-hydrogen) atoms. The van der Waals surface area contributed by atoms with Gasteiger partial charge in [-0.2, -0.15) is 0 Å². The van der Waals surface area contributed by atoms with Crippen molar-refractivity contribution in [3.05, 3.63) is 64.3 Å². The number of anilines is 1. The number of rotatable bonds is 5. The molecule has 1 aromatic carbocycles. The van der Waals surface area contributed by atoms with E-state index in [1.165, 1.54) is 18.4 Å². The Morgan fingerprint density at radius 3 is 2.79 bits per heavy atom. The molecule has 3 N–H and O–H groups in total. The van der Waals surface area contributed by atoms with E-state index in [2.05, 4.69) is 5.32 Å². The number of sulfonamides is 1. The normalized spacial score (nSPS) is 18.8. The molecule has 0 saturated carbocycles. The number of hydrogen-bond donors (Lipinski definition) is 2. The topological polar surface area (TPSA) is 134 Å². The quantitative estimate of drug-likeness (QED) is 0.604. The van der Waals surface area contributed by atoms with E-state index in [1.807, 2.05) is 0 Å². The summed E-state index contributed by atoms with van der Waals surface area (Å²) in [5, 5.41) is 19.0. The van der Waals surface area contributed by atoms with Gasteiger partial charge in [-0.1, -0.05) is 0 Å². The van der Waals surface area contributed by atoms with E-state index in [9.17, 15) is 18.5 Å². The third-order valence-electron chi connectivity index (χ3n) is 3.37. The van der Waals surface area contributed by atoms with Crippen LogP contribution in [0.2, 0.25) is 0 Å². The first-order valence-corrected chi connectivity index (χ1v) is 8.37. The molecule has 0 radical (unpaired) electrons. The van der Waals surface area contributed by atoms with E-state index in [-0.39, 0.29) is 28.9 Å². The van der Waals surface area contributed by atoms with Gasteiger partial charge in [-0.3, -0.25) is 10.1 Å². The molecule has 1 aromatic rings. The lowest BCUT2D eigenvalue weighted by Crippen LogP contribution is -2.18. The molecule has 9 nitrogen and oxygen atoms in total. The molecular weight excluding hydrogens is 338 g/mol. The molecular formula is C14H13N3O6S. The first kappa shape index (κ1) is 16.0. The van der Waals surface area contributed by atoms with Crippen LogP contribution in [0.1, 0.15) is 0 Å². The molecule has 10 heteroatoms. The number of nitro groups is 1. The number of hydrogen-bond acceptors (Lipinski definition) is 7. The molecule has 0 aromatic heterocycles. The SMILES string of the molecule is NS(=O)(=O)c1ccc(NCC2C=C3OC=CC=C3O2)c([N+](=O)[O-])c1. The summed E-state index contributed by atoms with van der Waals surface area (Å²) in [6.45, 7) is 0.236. The molecule has 0 amide bonds. The lowest BCUT2D eigenvalue weighted by atomic mass is 10.2. The van der Waals surface area contributed by atoms with Crippen LogP contribution in [0.4, 0.5) is 11.4 Å². The molecule has 1 unspecified atom stereocenters. The minimum absolute atomic E-state index is 0.164. The molecule has 0 spiro atoms. The van der Waals surface area contributed by atoms with Gasteiger partial charge in [0.15, 0.2) is 11.5 Å². The zero-order chi connectivity index (χ0) is 17.3. The Kier molecular flexibility index (Phi) is 3.99. The number of nitrogens with two attached hydrogens (primary N) is 1. The Labute approximate surface area is 137 Å². The maximum absolute atomic E-state index is 11.3. The molecule has 0 saturated heterocycles. The predicted molar refractivity (Wildman–Crippen MR) is 84.2 cm³/mol. The van der Waals surface area contributed by atoms with Crippen molar-refractivity contribution in [2.45, 2.75) is 11.0 Å². The van der Waals surface area contributed by atoms with Gasteiger partial charge in [-0.25, -0.2) is 13.6 Å². The number of fused-ring (bicyclic) bond motifs is 1. The Morgan fingerprint density at radius 1 is 1.33 bits per heavy atom. The Hall–Kier alpha value is -2.85. The van der Waals surface area contributed by atoms with Crippen molar-refractivity contribution in [1.82, 2.24) is 0 Å². The van der Waals surface area contributed by atoms with Crippen LogP contribution in [0.5, 0.6) is 0 Å². The number of primary sulfonamides is 1. The van der Waals surface area contributed by atoms with Crippen LogP contribution < -0.4 is 10.5 Å². The highest BCUT2D eigenvalue weighted by atomic mass is 32.2. The van der Waals surface area contributed by atoms with Gasteiger partial charge in [0.2, 0.25) is 10.0 Å². The number of allylic oxidation sites excluding steroid dienone is 2. The average Bonchev–Trinajstić information content (AvgIpc) is 2.94. The Morgan fingerprint density at radius 2 is 2.12 bits per heavy atom. The highest BCUT2D eigenvalue weighted by Crippen LogP contribution is 2.30. The first-order valence-electron chi connectivity index (χ1n) is 6.82. The summed E-state index contributed by atoms with van der Waals surface area (Å²) in [6, 6.07) is 3.42. The number of nitrogens with one attached hydrogen (secondary N) is 1. The summed E-state index contributed by atoms with van der Waals surface area (Å²) < 4.78 is 33.5. The third-order valence-corrected chi connectivity index (χ3v) is 4.28. The molecule has 1 atom stereocenters. The van der Waals surface area contributed by atoms with E-state index < -0.39 is 14.9 Å². The van der Waals surface area contributed by atoms with Gasteiger partial charge in [0.25, 0.3) is 5.69 Å². The summed E-state index contributed by atoms with van der Waals surface area (Å²) in [5.74, 6) is 1.17. The van der Waals surface area contributed by atoms with Crippen LogP contribution in [-0.4, -0.2) is 26.0 Å². The van der Waals surface area contributed by atoms with Crippen molar-refractivity contribution in [3.63, 3.8) is 0 Å². The summed E-state index contributed by atoms with van der Waals surface area (Å²) in [6.07, 6.45) is 6.33. The minimum Gasteiger partial charge on any atom is -0.480 e. The Bertz CT molecular complexity index is 888. The summed E-state index contributed by atoms with van der Waals surface area (Å²) >= 11 is 0. The van der Waals surface area contributed by atoms with E-state index in [0.29, 0.717) is 11.5 Å². The van der Waals surface area contributed by atoms with E-state index >= 15 is 0 Å². The van der Waals surface area contributed by atoms with Crippen LogP contribution >= 0.6 is 0 Å². The van der Waals surface area contributed by atoms with Crippen LogP contribution in [0, 0.1) is 10.1 Å². The molecule has 126 valence electrons. The fourth-order valence-corrected chi connectivity index (χ4v) is 2.80. The monoisotopic (exact) mass is 351 g/mol. The second-order valence-corrected chi connectivity index (χ2v) is 6.59. The maximum atomic E-state index is 11.3. The molecule has 3 rings (SSSR count). The number of nitro benzene ring substituents is 1. The van der Waals surface area contributed by atoms with Crippen molar-refractivity contribution in [1.29, 1.82) is 0 Å². The fourth-order valence-electron chi connectivity index (χ4n) is 2.26. The number of ether oxygens (including phenoxy) is 2. The minimum atomic E-state index is -4.02. The summed E-state index contributed by atoms with van der Waals surface area (Å²) in [5.41, 5.74) is -0.223. The zero-order valence-electron chi connectivity index (χ0n) is 12.2. The van der Waals surface area contributed by atoms with Gasteiger partial charge < -0.3 is 14.8 Å². The molecule has 2 aliphatic rings. The summed E-state index contributed by atoms with van der Waals surface area (Å²) in [4.78, 5) is 10.1. The van der Waals surface area contributed by atoms with Gasteiger partial charge in [-0.05, 0) is 24.3 Å². The second-order valence-electron chi connectivity index (χ2n) is 5.03. The van der Waals surface area contributed by atoms with Crippen molar-refractivity contribution < 1.29 is 22.8 Å². The van der Waals surface area contributed by atoms with Crippen molar-refractivity contribution in [2.75, 3.05) is 11.9 Å². The van der Waals surface area contributed by atoms with Gasteiger partial charge >= 0.3 is 0 Å². The van der Waals surface area contributed by atoms with Gasteiger partial charge in [0.1, 0.15) is 11.8 Å². The highest BCUT2D eigenvalue weighted by molar-refractivity contribution is 7.89. The van der Waals surface area contributed by atoms with Crippen molar-refractivity contribution >= 4 is 21.4 Å². The standard InChI is InChI=1S/C14H13N3O6S/c15-24(20,21)10-3-4-11(12(7-10)17(18)19)16-8-9-6-14-13(23-9)2-1-5-22-14/h1-7,9,16H,8H2,(H2,15,20,21). The molecule has 2 aliphatic heterocycles. The predicted octanol–water partition coefficient (Wildman–Crippen LogP) is 1.36. The van der Waals surface area contributed by atoms with Crippen molar-refractivity contribution in [3.8, 4) is 0 Å². The Balaban J connectivity index is 1.76. The van der Waals surface area contributed by atoms with Gasteiger partial charge in [-0.15, -0.1) is 0 Å². The smallest absolute Gasteiger partial charge is 0.293 e. The highest BCUT2D eigenvalue weighted by Gasteiger charge is 2.25. The van der Waals surface area contributed by atoms with Crippen LogP contribution in [0.25, 0.3) is 0 Å². The molecule has 0 aliphatic carbocycles. The molecule has 2 heterocycles. The molecule has 0 fully saturated rings. The first-order chi connectivity index (χ1) is 11.3. The second kappa shape index (κ2) is 5.98. The maximum Gasteiger partial charge on any atom is 0.293 e. The van der Waals surface area contributed by atoms with Crippen LogP contribution in [-0.2, 0) is 19.5 Å². The largest absolute Gasteiger partial charge is 0.480 e. The third kappa shape index (κ3) is 3.24. The fraction of sp³-hybridized carbons (Fsp3) is 0.143. The van der Waals surface area contributed by atoms with Crippen LogP contribution in [0.15, 0.2) is 59.1 Å². The average molecular weight is 351 g/mol. The number of nitrogens with zero attached hydrogens (tertiary/aromatic N) is 1. The van der Waals surface area contributed by atoms with E-state index in [4.69, 9.17) is 14.6 Å². The lowest BCUT2D eigenvalue weighted by Gasteiger charge is -2.13. The molecule has 0 bridgehead atoms. The van der Waals surface area contributed by atoms with Crippen molar-refractivity contribution in [2.24, 2.45) is 5.14 Å². The van der Waals surface area contributed by atoms with Crippen LogP contribution in [0.3, 0.4) is 0 Å². The summed E-state index contributed by atoms with van der Waals surface area (Å²) in [7, 11) is -4.02. The van der Waals surface area contributed by atoms with E-state index in [0.717, 1.165) is 6.07 Å². The zero-order valence-corrected chi connectivity index (χ0v) is 13.0. The van der Waals surface area contributed by atoms with E-state index in [1.54, 1.807) is 18.2 Å². The van der Waals surface area contributed by atoms with Gasteiger partial charge in [0, 0.05) is 12.1 Å².